The molecule has 0 unspecified atom stereocenters. The lowest BCUT2D eigenvalue weighted by atomic mass is 10.3. The van der Waals surface area contributed by atoms with Crippen LogP contribution in [0.2, 0.25) is 10.3 Å². The van der Waals surface area contributed by atoms with Crippen LogP contribution in [-0.2, 0) is 0 Å². The summed E-state index contributed by atoms with van der Waals surface area (Å²) in [5.41, 5.74) is 0.264. The SMILES string of the molecule is CNCCN(C)C(=O)c1cc(Cl)nnc1Cl. The third-order valence-electron chi connectivity index (χ3n) is 1.99. The van der Waals surface area contributed by atoms with Crippen LogP contribution in [0.3, 0.4) is 0 Å². The maximum atomic E-state index is 11.9. The summed E-state index contributed by atoms with van der Waals surface area (Å²) in [6.07, 6.45) is 0. The number of hydrogen-bond donors (Lipinski definition) is 1. The molecule has 16 heavy (non-hydrogen) atoms. The summed E-state index contributed by atoms with van der Waals surface area (Å²) in [6, 6.07) is 1.41. The summed E-state index contributed by atoms with van der Waals surface area (Å²) in [5, 5.41) is 10.3. The van der Waals surface area contributed by atoms with Crippen molar-refractivity contribution in [3.05, 3.63) is 21.9 Å². The molecule has 1 amide bonds. The van der Waals surface area contributed by atoms with Crippen LogP contribution >= 0.6 is 23.2 Å². The van der Waals surface area contributed by atoms with Crippen molar-refractivity contribution in [1.82, 2.24) is 20.4 Å². The van der Waals surface area contributed by atoms with Crippen molar-refractivity contribution in [3.63, 3.8) is 0 Å². The van der Waals surface area contributed by atoms with Crippen molar-refractivity contribution < 1.29 is 4.79 Å². The van der Waals surface area contributed by atoms with E-state index < -0.39 is 0 Å². The molecule has 88 valence electrons. The van der Waals surface area contributed by atoms with E-state index in [0.717, 1.165) is 0 Å². The largest absolute Gasteiger partial charge is 0.340 e. The van der Waals surface area contributed by atoms with Crippen molar-refractivity contribution in [2.75, 3.05) is 27.2 Å². The Bertz CT molecular complexity index is 386. The molecule has 1 aromatic heterocycles. The Balaban J connectivity index is 2.83. The molecule has 0 spiro atoms. The summed E-state index contributed by atoms with van der Waals surface area (Å²) < 4.78 is 0. The molecule has 0 aliphatic carbocycles. The molecule has 1 N–H and O–H groups in total. The van der Waals surface area contributed by atoms with Gasteiger partial charge in [0.25, 0.3) is 5.91 Å². The highest BCUT2D eigenvalue weighted by Crippen LogP contribution is 2.16. The van der Waals surface area contributed by atoms with Crippen molar-refractivity contribution in [3.8, 4) is 0 Å². The highest BCUT2D eigenvalue weighted by Gasteiger charge is 2.16. The Morgan fingerprint density at radius 2 is 2.19 bits per heavy atom. The molecule has 0 aromatic carbocycles. The van der Waals surface area contributed by atoms with E-state index in [1.54, 1.807) is 7.05 Å². The lowest BCUT2D eigenvalue weighted by Gasteiger charge is -2.17. The fourth-order valence-corrected chi connectivity index (χ4v) is 1.41. The second-order valence-electron chi connectivity index (χ2n) is 3.20. The van der Waals surface area contributed by atoms with Gasteiger partial charge in [0.1, 0.15) is 0 Å². The van der Waals surface area contributed by atoms with Crippen LogP contribution in [0.25, 0.3) is 0 Å². The van der Waals surface area contributed by atoms with E-state index in [1.807, 2.05) is 7.05 Å². The van der Waals surface area contributed by atoms with E-state index in [4.69, 9.17) is 23.2 Å². The molecule has 0 aliphatic rings. The molecule has 1 heterocycles. The monoisotopic (exact) mass is 262 g/mol. The third-order valence-corrected chi connectivity index (χ3v) is 2.46. The van der Waals surface area contributed by atoms with E-state index in [-0.39, 0.29) is 21.8 Å². The molecule has 0 aliphatic heterocycles. The number of amides is 1. The molecular formula is C9H12Cl2N4O. The number of carbonyl (C=O) groups is 1. The summed E-state index contributed by atoms with van der Waals surface area (Å²) >= 11 is 11.4. The van der Waals surface area contributed by atoms with Crippen molar-refractivity contribution in [2.45, 2.75) is 0 Å². The van der Waals surface area contributed by atoms with Crippen molar-refractivity contribution in [2.24, 2.45) is 0 Å². The lowest BCUT2D eigenvalue weighted by molar-refractivity contribution is 0.0796. The van der Waals surface area contributed by atoms with Crippen LogP contribution in [0.15, 0.2) is 6.07 Å². The average Bonchev–Trinajstić information content (AvgIpc) is 2.28. The van der Waals surface area contributed by atoms with Gasteiger partial charge in [-0.25, -0.2) is 0 Å². The number of nitrogens with zero attached hydrogens (tertiary/aromatic N) is 3. The van der Waals surface area contributed by atoms with E-state index in [1.165, 1.54) is 11.0 Å². The average molecular weight is 263 g/mol. The fraction of sp³-hybridized carbons (Fsp3) is 0.444. The molecule has 5 nitrogen and oxygen atoms in total. The minimum atomic E-state index is -0.225. The molecule has 1 rings (SSSR count). The predicted molar refractivity (Wildman–Crippen MR) is 62.9 cm³/mol. The molecule has 0 atom stereocenters. The summed E-state index contributed by atoms with van der Waals surface area (Å²) in [6.45, 7) is 1.28. The van der Waals surface area contributed by atoms with Gasteiger partial charge in [0.2, 0.25) is 0 Å². The van der Waals surface area contributed by atoms with E-state index in [2.05, 4.69) is 15.5 Å². The van der Waals surface area contributed by atoms with E-state index in [0.29, 0.717) is 13.1 Å². The van der Waals surface area contributed by atoms with Gasteiger partial charge < -0.3 is 10.2 Å². The summed E-state index contributed by atoms with van der Waals surface area (Å²) in [4.78, 5) is 13.4. The predicted octanol–water partition coefficient (Wildman–Crippen LogP) is 1.07. The highest BCUT2D eigenvalue weighted by molar-refractivity contribution is 6.34. The third kappa shape index (κ3) is 3.30. The molecule has 1 aromatic rings. The minimum Gasteiger partial charge on any atom is -0.340 e. The minimum absolute atomic E-state index is 0.0608. The first-order chi connectivity index (χ1) is 7.56. The van der Waals surface area contributed by atoms with E-state index in [9.17, 15) is 4.79 Å². The van der Waals surface area contributed by atoms with E-state index >= 15 is 0 Å². The number of nitrogens with one attached hydrogen (secondary N) is 1. The number of carbonyl (C=O) groups excluding carboxylic acids is 1. The Hall–Kier alpha value is -0.910. The van der Waals surface area contributed by atoms with Gasteiger partial charge in [-0.05, 0) is 13.1 Å². The van der Waals surface area contributed by atoms with Gasteiger partial charge in [0.15, 0.2) is 10.3 Å². The zero-order valence-electron chi connectivity index (χ0n) is 9.00. The maximum Gasteiger partial charge on any atom is 0.256 e. The van der Waals surface area contributed by atoms with Crippen LogP contribution in [0.4, 0.5) is 0 Å². The van der Waals surface area contributed by atoms with Gasteiger partial charge in [-0.1, -0.05) is 23.2 Å². The Kier molecular flexibility index (Phi) is 4.92. The van der Waals surface area contributed by atoms with Crippen LogP contribution in [-0.4, -0.2) is 48.2 Å². The number of rotatable bonds is 4. The zero-order valence-corrected chi connectivity index (χ0v) is 10.5. The number of hydrogen-bond acceptors (Lipinski definition) is 4. The van der Waals surface area contributed by atoms with Gasteiger partial charge in [0, 0.05) is 20.1 Å². The quantitative estimate of drug-likeness (QED) is 0.882. The van der Waals surface area contributed by atoms with Gasteiger partial charge in [0.05, 0.1) is 5.56 Å². The molecular weight excluding hydrogens is 251 g/mol. The summed E-state index contributed by atoms with van der Waals surface area (Å²) in [5.74, 6) is -0.225. The normalized spacial score (nSPS) is 10.2. The second kappa shape index (κ2) is 5.98. The number of aromatic nitrogens is 2. The molecule has 0 saturated heterocycles. The Morgan fingerprint density at radius 1 is 1.50 bits per heavy atom. The van der Waals surface area contributed by atoms with Gasteiger partial charge in [-0.15, -0.1) is 10.2 Å². The molecule has 0 saturated carbocycles. The Morgan fingerprint density at radius 3 is 2.81 bits per heavy atom. The standard InChI is InChI=1S/C9H12Cl2N4O/c1-12-3-4-15(2)9(16)6-5-7(10)13-14-8(6)11/h5,12H,3-4H2,1-2H3. The fourth-order valence-electron chi connectivity index (χ4n) is 1.09. The van der Waals surface area contributed by atoms with Crippen LogP contribution in [0.5, 0.6) is 0 Å². The topological polar surface area (TPSA) is 58.1 Å². The molecule has 0 radical (unpaired) electrons. The van der Waals surface area contributed by atoms with Gasteiger partial charge in [-0.2, -0.15) is 0 Å². The number of likely N-dealkylation sites (N-methyl/N-ethyl adjacent to an activating group) is 2. The first-order valence-corrected chi connectivity index (χ1v) is 5.40. The van der Waals surface area contributed by atoms with Crippen molar-refractivity contribution in [1.29, 1.82) is 0 Å². The van der Waals surface area contributed by atoms with Crippen LogP contribution in [0.1, 0.15) is 10.4 Å². The van der Waals surface area contributed by atoms with Crippen molar-refractivity contribution >= 4 is 29.1 Å². The Labute approximate surface area is 104 Å². The van der Waals surface area contributed by atoms with Gasteiger partial charge >= 0.3 is 0 Å². The first-order valence-electron chi connectivity index (χ1n) is 4.65. The van der Waals surface area contributed by atoms with Crippen LogP contribution in [0, 0.1) is 0 Å². The summed E-state index contributed by atoms with van der Waals surface area (Å²) in [7, 11) is 3.50. The molecule has 7 heteroatoms. The van der Waals surface area contributed by atoms with Crippen LogP contribution < -0.4 is 5.32 Å². The lowest BCUT2D eigenvalue weighted by Crippen LogP contribution is -2.33. The second-order valence-corrected chi connectivity index (χ2v) is 3.95. The molecule has 0 bridgehead atoms. The highest BCUT2D eigenvalue weighted by atomic mass is 35.5. The first kappa shape index (κ1) is 13.2. The smallest absolute Gasteiger partial charge is 0.256 e. The zero-order chi connectivity index (χ0) is 12.1. The maximum absolute atomic E-state index is 11.9. The molecule has 0 fully saturated rings. The number of halogens is 2. The van der Waals surface area contributed by atoms with Gasteiger partial charge in [-0.3, -0.25) is 4.79 Å².